The molecule has 0 aliphatic rings. The first-order chi connectivity index (χ1) is 9.22. The predicted octanol–water partition coefficient (Wildman–Crippen LogP) is 2.73. The molecule has 2 aromatic rings. The fraction of sp³-hybridized carbons (Fsp3) is 0.133. The summed E-state index contributed by atoms with van der Waals surface area (Å²) in [6.45, 7) is 0.409. The van der Waals surface area contributed by atoms with Gasteiger partial charge in [-0.2, -0.15) is 5.26 Å². The van der Waals surface area contributed by atoms with Gasteiger partial charge in [0, 0.05) is 5.69 Å². The Labute approximate surface area is 112 Å². The lowest BCUT2D eigenvalue weighted by Crippen LogP contribution is -1.97. The maximum absolute atomic E-state index is 8.89. The van der Waals surface area contributed by atoms with E-state index in [1.165, 1.54) is 0 Å². The van der Waals surface area contributed by atoms with E-state index in [1.54, 1.807) is 25.3 Å². The Morgan fingerprint density at radius 3 is 2.74 bits per heavy atom. The smallest absolute Gasteiger partial charge is 0.121 e. The van der Waals surface area contributed by atoms with Crippen molar-refractivity contribution in [3.63, 3.8) is 0 Å². The van der Waals surface area contributed by atoms with Crippen molar-refractivity contribution in [2.75, 3.05) is 12.8 Å². The summed E-state index contributed by atoms with van der Waals surface area (Å²) in [4.78, 5) is 0. The SMILES string of the molecule is COc1cccc(COc2ccc(N)c(C#N)c2)c1. The van der Waals surface area contributed by atoms with Gasteiger partial charge in [0.05, 0.1) is 12.7 Å². The topological polar surface area (TPSA) is 68.3 Å². The van der Waals surface area contributed by atoms with Gasteiger partial charge in [0.1, 0.15) is 24.2 Å². The third kappa shape index (κ3) is 3.17. The van der Waals surface area contributed by atoms with E-state index in [9.17, 15) is 0 Å². The number of hydrogen-bond donors (Lipinski definition) is 1. The Balaban J connectivity index is 2.08. The average Bonchev–Trinajstić information content (AvgIpc) is 2.46. The summed E-state index contributed by atoms with van der Waals surface area (Å²) < 4.78 is 10.8. The molecule has 0 saturated carbocycles. The van der Waals surface area contributed by atoms with Crippen molar-refractivity contribution in [1.82, 2.24) is 0 Å². The van der Waals surface area contributed by atoms with E-state index in [4.69, 9.17) is 20.5 Å². The minimum absolute atomic E-state index is 0.409. The lowest BCUT2D eigenvalue weighted by molar-refractivity contribution is 0.305. The highest BCUT2D eigenvalue weighted by molar-refractivity contribution is 5.56. The van der Waals surface area contributed by atoms with Crippen LogP contribution in [0.4, 0.5) is 5.69 Å². The molecule has 0 spiro atoms. The van der Waals surface area contributed by atoms with Crippen LogP contribution in [-0.2, 0) is 6.61 Å². The first-order valence-electron chi connectivity index (χ1n) is 5.78. The van der Waals surface area contributed by atoms with Crippen LogP contribution in [0, 0.1) is 11.3 Å². The number of hydrogen-bond acceptors (Lipinski definition) is 4. The van der Waals surface area contributed by atoms with Crippen LogP contribution in [0.15, 0.2) is 42.5 Å². The van der Waals surface area contributed by atoms with E-state index in [0.29, 0.717) is 23.6 Å². The molecule has 0 radical (unpaired) electrons. The fourth-order valence-electron chi connectivity index (χ4n) is 1.65. The first-order valence-corrected chi connectivity index (χ1v) is 5.78. The predicted molar refractivity (Wildman–Crippen MR) is 72.9 cm³/mol. The van der Waals surface area contributed by atoms with Gasteiger partial charge < -0.3 is 15.2 Å². The Kier molecular flexibility index (Phi) is 3.89. The zero-order chi connectivity index (χ0) is 13.7. The number of benzene rings is 2. The summed E-state index contributed by atoms with van der Waals surface area (Å²) in [5.41, 5.74) is 7.52. The lowest BCUT2D eigenvalue weighted by atomic mass is 10.2. The van der Waals surface area contributed by atoms with E-state index in [1.807, 2.05) is 30.3 Å². The quantitative estimate of drug-likeness (QED) is 0.852. The molecule has 0 saturated heterocycles. The van der Waals surface area contributed by atoms with Crippen LogP contribution in [0.2, 0.25) is 0 Å². The maximum atomic E-state index is 8.89. The van der Waals surface area contributed by atoms with Gasteiger partial charge in [0.15, 0.2) is 0 Å². The molecule has 96 valence electrons. The number of anilines is 1. The van der Waals surface area contributed by atoms with Gasteiger partial charge in [-0.3, -0.25) is 0 Å². The monoisotopic (exact) mass is 254 g/mol. The van der Waals surface area contributed by atoms with Gasteiger partial charge in [-0.1, -0.05) is 12.1 Å². The molecular weight excluding hydrogens is 240 g/mol. The van der Waals surface area contributed by atoms with Gasteiger partial charge in [-0.25, -0.2) is 0 Å². The Hall–Kier alpha value is -2.67. The van der Waals surface area contributed by atoms with E-state index in [0.717, 1.165) is 11.3 Å². The third-order valence-electron chi connectivity index (χ3n) is 2.68. The van der Waals surface area contributed by atoms with Crippen LogP contribution >= 0.6 is 0 Å². The van der Waals surface area contributed by atoms with E-state index in [2.05, 4.69) is 0 Å². The van der Waals surface area contributed by atoms with Crippen molar-refractivity contribution in [3.8, 4) is 17.6 Å². The van der Waals surface area contributed by atoms with Gasteiger partial charge in [0.25, 0.3) is 0 Å². The molecule has 0 bridgehead atoms. The molecule has 0 atom stereocenters. The van der Waals surface area contributed by atoms with Crippen molar-refractivity contribution in [3.05, 3.63) is 53.6 Å². The van der Waals surface area contributed by atoms with Gasteiger partial charge in [0.2, 0.25) is 0 Å². The summed E-state index contributed by atoms with van der Waals surface area (Å²) in [7, 11) is 1.62. The van der Waals surface area contributed by atoms with Crippen molar-refractivity contribution in [1.29, 1.82) is 5.26 Å². The molecule has 2 N–H and O–H groups in total. The summed E-state index contributed by atoms with van der Waals surface area (Å²) in [5.74, 6) is 1.41. The number of rotatable bonds is 4. The van der Waals surface area contributed by atoms with Crippen molar-refractivity contribution in [2.45, 2.75) is 6.61 Å². The maximum Gasteiger partial charge on any atom is 0.121 e. The molecule has 2 aromatic carbocycles. The molecule has 4 heteroatoms. The van der Waals surface area contributed by atoms with Crippen LogP contribution in [0.5, 0.6) is 11.5 Å². The average molecular weight is 254 g/mol. The second-order valence-corrected chi connectivity index (χ2v) is 4.00. The second-order valence-electron chi connectivity index (χ2n) is 4.00. The molecule has 0 fully saturated rings. The largest absolute Gasteiger partial charge is 0.497 e. The van der Waals surface area contributed by atoms with Gasteiger partial charge in [-0.15, -0.1) is 0 Å². The zero-order valence-electron chi connectivity index (χ0n) is 10.6. The van der Waals surface area contributed by atoms with Crippen molar-refractivity contribution in [2.24, 2.45) is 0 Å². The van der Waals surface area contributed by atoms with E-state index in [-0.39, 0.29) is 0 Å². The molecule has 0 aliphatic heterocycles. The molecule has 19 heavy (non-hydrogen) atoms. The molecule has 2 rings (SSSR count). The normalized spacial score (nSPS) is 9.68. The summed E-state index contributed by atoms with van der Waals surface area (Å²) >= 11 is 0. The first kappa shape index (κ1) is 12.8. The Morgan fingerprint density at radius 2 is 2.00 bits per heavy atom. The number of nitrogens with two attached hydrogens (primary N) is 1. The fourth-order valence-corrected chi connectivity index (χ4v) is 1.65. The summed E-state index contributed by atoms with van der Waals surface area (Å²) in [6, 6.07) is 14.7. The van der Waals surface area contributed by atoms with Crippen LogP contribution in [0.1, 0.15) is 11.1 Å². The number of nitriles is 1. The number of ether oxygens (including phenoxy) is 2. The molecule has 0 unspecified atom stereocenters. The minimum Gasteiger partial charge on any atom is -0.497 e. The Bertz CT molecular complexity index is 618. The third-order valence-corrected chi connectivity index (χ3v) is 2.68. The van der Waals surface area contributed by atoms with Crippen molar-refractivity contribution >= 4 is 5.69 Å². The lowest BCUT2D eigenvalue weighted by Gasteiger charge is -2.08. The summed E-state index contributed by atoms with van der Waals surface area (Å²) in [5, 5.41) is 8.89. The number of methoxy groups -OCH3 is 1. The second kappa shape index (κ2) is 5.78. The molecule has 0 aliphatic carbocycles. The van der Waals surface area contributed by atoms with Crippen LogP contribution in [0.25, 0.3) is 0 Å². The van der Waals surface area contributed by atoms with Crippen LogP contribution in [0.3, 0.4) is 0 Å². The van der Waals surface area contributed by atoms with Gasteiger partial charge >= 0.3 is 0 Å². The number of nitrogens with zero attached hydrogens (tertiary/aromatic N) is 1. The molecular formula is C15H14N2O2. The highest BCUT2D eigenvalue weighted by atomic mass is 16.5. The number of nitrogen functional groups attached to an aromatic ring is 1. The molecule has 0 heterocycles. The zero-order valence-corrected chi connectivity index (χ0v) is 10.6. The minimum atomic E-state index is 0.409. The highest BCUT2D eigenvalue weighted by Crippen LogP contribution is 2.20. The molecule has 4 nitrogen and oxygen atoms in total. The van der Waals surface area contributed by atoms with E-state index < -0.39 is 0 Å². The Morgan fingerprint density at radius 1 is 1.16 bits per heavy atom. The standard InChI is InChI=1S/C15H14N2O2/c1-18-13-4-2-3-11(7-13)10-19-14-5-6-15(17)12(8-14)9-16/h2-8H,10,17H2,1H3. The van der Waals surface area contributed by atoms with Crippen LogP contribution < -0.4 is 15.2 Å². The van der Waals surface area contributed by atoms with Crippen molar-refractivity contribution < 1.29 is 9.47 Å². The summed E-state index contributed by atoms with van der Waals surface area (Å²) in [6.07, 6.45) is 0. The molecule has 0 amide bonds. The molecule has 0 aromatic heterocycles. The highest BCUT2D eigenvalue weighted by Gasteiger charge is 2.02. The van der Waals surface area contributed by atoms with Crippen LogP contribution in [-0.4, -0.2) is 7.11 Å². The van der Waals surface area contributed by atoms with E-state index >= 15 is 0 Å². The van der Waals surface area contributed by atoms with Gasteiger partial charge in [-0.05, 0) is 35.9 Å².